The Bertz CT molecular complexity index is 143. The second kappa shape index (κ2) is 6.36. The van der Waals surface area contributed by atoms with Gasteiger partial charge >= 0.3 is 10.8 Å². The second-order valence-corrected chi connectivity index (χ2v) is 6.26. The summed E-state index contributed by atoms with van der Waals surface area (Å²) in [5.41, 5.74) is 0. The number of rotatable bonds is 6. The Morgan fingerprint density at radius 3 is 1.21 bits per heavy atom. The highest BCUT2D eigenvalue weighted by molar-refractivity contribution is 8.92. The molecule has 0 spiro atoms. The summed E-state index contributed by atoms with van der Waals surface area (Å²) in [6.45, 7) is 13.7. The van der Waals surface area contributed by atoms with E-state index in [9.17, 15) is 0 Å². The third kappa shape index (κ3) is 2.87. The summed E-state index contributed by atoms with van der Waals surface area (Å²) in [6.07, 6.45) is 0. The molecule has 1 fully saturated rings. The van der Waals surface area contributed by atoms with Crippen LogP contribution in [0.1, 0.15) is 27.7 Å². The van der Waals surface area contributed by atoms with Crippen LogP contribution in [0.3, 0.4) is 0 Å². The van der Waals surface area contributed by atoms with Crippen LogP contribution in [0.5, 0.6) is 0 Å². The van der Waals surface area contributed by atoms with Gasteiger partial charge in [0.2, 0.25) is 0 Å². The predicted molar refractivity (Wildman–Crippen MR) is 72.5 cm³/mol. The normalized spacial score (nSPS) is 16.7. The molecule has 6 heteroatoms. The first kappa shape index (κ1) is 12.8. The van der Waals surface area contributed by atoms with E-state index in [1.165, 1.54) is 26.2 Å². The summed E-state index contributed by atoms with van der Waals surface area (Å²) in [7, 11) is 0. The molecule has 1 aliphatic heterocycles. The van der Waals surface area contributed by atoms with Gasteiger partial charge in [-0.1, -0.05) is 27.7 Å². The zero-order chi connectivity index (χ0) is 10.6. The quantitative estimate of drug-likeness (QED) is 0.644. The molecule has 80 valence electrons. The summed E-state index contributed by atoms with van der Waals surface area (Å²) in [5.74, 6) is 0. The van der Waals surface area contributed by atoms with Crippen molar-refractivity contribution in [3.05, 3.63) is 0 Å². The third-order valence-corrected chi connectivity index (χ3v) is 6.14. The minimum Gasteiger partial charge on any atom is -0.325 e. The van der Waals surface area contributed by atoms with Gasteiger partial charge in [0.25, 0.3) is 0 Å². The van der Waals surface area contributed by atoms with E-state index >= 15 is 0 Å². The maximum atomic E-state index is 2.52. The molecule has 0 amide bonds. The van der Waals surface area contributed by atoms with E-state index in [-0.39, 0.29) is 0 Å². The van der Waals surface area contributed by atoms with Gasteiger partial charge in [0.05, 0.1) is 0 Å². The van der Waals surface area contributed by atoms with E-state index in [1.807, 2.05) is 0 Å². The molecule has 1 saturated heterocycles. The molecule has 0 atom stereocenters. The molecule has 0 unspecified atom stereocenters. The van der Waals surface area contributed by atoms with Crippen LogP contribution in [0, 0.1) is 0 Å². The average Bonchev–Trinajstić information content (AvgIpc) is 2.16. The first-order chi connectivity index (χ1) is 6.76. The van der Waals surface area contributed by atoms with Crippen LogP contribution in [0.25, 0.3) is 0 Å². The molecule has 1 aliphatic rings. The molecule has 0 aromatic heterocycles. The van der Waals surface area contributed by atoms with Gasteiger partial charge in [-0.2, -0.15) is 22.9 Å². The fraction of sp³-hybridized carbons (Fsp3) is 1.00. The van der Waals surface area contributed by atoms with Crippen molar-refractivity contribution >= 4 is 33.7 Å². The Balaban J connectivity index is 2.28. The number of nitrogens with zero attached hydrogens (tertiary/aromatic N) is 2. The van der Waals surface area contributed by atoms with Crippen molar-refractivity contribution in [3.63, 3.8) is 0 Å². The van der Waals surface area contributed by atoms with Gasteiger partial charge in [0, 0.05) is 0 Å². The summed E-state index contributed by atoms with van der Waals surface area (Å²) in [4.78, 5) is 5.05. The van der Waals surface area contributed by atoms with Gasteiger partial charge in [0.15, 0.2) is 0 Å². The topological polar surface area (TPSA) is 6.48 Å². The first-order valence-electron chi connectivity index (χ1n) is 5.55. The van der Waals surface area contributed by atoms with E-state index in [2.05, 4.69) is 60.2 Å². The monoisotopic (exact) mass is 230 g/mol. The van der Waals surface area contributed by atoms with Crippen molar-refractivity contribution in [1.29, 1.82) is 0 Å². The van der Waals surface area contributed by atoms with Gasteiger partial charge in [0.1, 0.15) is 0 Å². The smallest absolute Gasteiger partial charge is 0.325 e. The van der Waals surface area contributed by atoms with Crippen molar-refractivity contribution in [3.8, 4) is 0 Å². The highest BCUT2D eigenvalue weighted by Gasteiger charge is 2.44. The fourth-order valence-corrected chi connectivity index (χ4v) is 4.83. The molecule has 1 heterocycles. The van der Waals surface area contributed by atoms with Crippen molar-refractivity contribution in [1.82, 2.24) is 9.62 Å². The highest BCUT2D eigenvalue weighted by Crippen LogP contribution is 2.43. The van der Waals surface area contributed by atoms with E-state index in [1.54, 1.807) is 0 Å². The summed E-state index contributed by atoms with van der Waals surface area (Å²) in [6, 6.07) is 0. The zero-order valence-electron chi connectivity index (χ0n) is 9.69. The van der Waals surface area contributed by atoms with E-state index in [0.29, 0.717) is 10.8 Å². The van der Waals surface area contributed by atoms with Gasteiger partial charge in [-0.25, -0.2) is 0 Å². The van der Waals surface area contributed by atoms with Gasteiger partial charge in [-0.15, -0.1) is 0 Å². The first-order valence-corrected chi connectivity index (χ1v) is 7.44. The molecule has 0 radical (unpaired) electrons. The molecular weight excluding hydrogens is 210 g/mol. The van der Waals surface area contributed by atoms with Crippen LogP contribution in [0.2, 0.25) is 0 Å². The van der Waals surface area contributed by atoms with Gasteiger partial charge in [-0.3, -0.25) is 0 Å². The summed E-state index contributed by atoms with van der Waals surface area (Å²) >= 11 is 4.21. The Labute approximate surface area is 97.3 Å². The average molecular weight is 230 g/mol. The van der Waals surface area contributed by atoms with Crippen LogP contribution in [-0.2, 0) is 0 Å². The molecule has 1 rings (SSSR count). The lowest BCUT2D eigenvalue weighted by atomic mass is 10.2. The molecule has 0 aliphatic carbocycles. The van der Waals surface area contributed by atoms with E-state index < -0.39 is 0 Å². The molecule has 14 heavy (non-hydrogen) atoms. The molecule has 0 saturated carbocycles. The largest absolute Gasteiger partial charge is 0.344 e. The fourth-order valence-electron chi connectivity index (χ4n) is 1.60. The lowest BCUT2D eigenvalue weighted by Gasteiger charge is -2.40. The van der Waals surface area contributed by atoms with Gasteiger partial charge < -0.3 is 9.62 Å². The Hall–Kier alpha value is 0.750. The number of hydrogen-bond acceptors (Lipinski definition) is 4. The summed E-state index contributed by atoms with van der Waals surface area (Å²) in [5, 5.41) is 1.41. The number of hydrogen-bond donors (Lipinski definition) is 0. The van der Waals surface area contributed by atoms with Crippen LogP contribution < -0.4 is 0 Å². The lowest BCUT2D eigenvalue weighted by Crippen LogP contribution is -2.51. The Morgan fingerprint density at radius 1 is 0.714 bits per heavy atom. The van der Waals surface area contributed by atoms with Crippen molar-refractivity contribution < 1.29 is 0 Å². The van der Waals surface area contributed by atoms with Gasteiger partial charge in [-0.05, 0) is 26.2 Å². The maximum Gasteiger partial charge on any atom is 0.344 e. The SMILES string of the molecule is CCN(CC)B1SB(N(CC)CC)S1. The van der Waals surface area contributed by atoms with Crippen LogP contribution in [0.15, 0.2) is 0 Å². The molecular formula is C8H20B2N2S2. The summed E-state index contributed by atoms with van der Waals surface area (Å²) < 4.78 is 0. The standard InChI is InChI=1S/C8H20B2N2S2/c1-5-11(6-2)9-13-10(14-9)12(7-3)8-4/h5-8H2,1-4H3. The highest BCUT2D eigenvalue weighted by atomic mass is 32.3. The Morgan fingerprint density at radius 2 is 1.00 bits per heavy atom. The zero-order valence-corrected chi connectivity index (χ0v) is 11.3. The Kier molecular flexibility index (Phi) is 5.82. The van der Waals surface area contributed by atoms with Crippen LogP contribution >= 0.6 is 22.9 Å². The maximum absolute atomic E-state index is 2.52. The van der Waals surface area contributed by atoms with Crippen molar-refractivity contribution in [2.75, 3.05) is 26.2 Å². The molecule has 0 aromatic rings. The van der Waals surface area contributed by atoms with E-state index in [0.717, 1.165) is 0 Å². The minimum atomic E-state index is 0.704. The van der Waals surface area contributed by atoms with E-state index in [4.69, 9.17) is 0 Å². The van der Waals surface area contributed by atoms with Crippen molar-refractivity contribution in [2.45, 2.75) is 27.7 Å². The second-order valence-electron chi connectivity index (χ2n) is 3.33. The third-order valence-electron chi connectivity index (χ3n) is 2.69. The lowest BCUT2D eigenvalue weighted by molar-refractivity contribution is 0.493. The predicted octanol–water partition coefficient (Wildman–Crippen LogP) is 2.12. The molecule has 0 bridgehead atoms. The molecule has 0 N–H and O–H groups in total. The minimum absolute atomic E-state index is 0.704. The van der Waals surface area contributed by atoms with Crippen LogP contribution in [-0.4, -0.2) is 46.6 Å². The molecule has 0 aromatic carbocycles. The molecule has 2 nitrogen and oxygen atoms in total. The van der Waals surface area contributed by atoms with Crippen molar-refractivity contribution in [2.24, 2.45) is 0 Å². The van der Waals surface area contributed by atoms with Crippen LogP contribution in [0.4, 0.5) is 0 Å².